The number of carboxylic acid groups (broad SMARTS) is 1. The van der Waals surface area contributed by atoms with E-state index in [0.29, 0.717) is 70.5 Å². The lowest BCUT2D eigenvalue weighted by molar-refractivity contribution is -0.138. The number of urea groups is 1. The van der Waals surface area contributed by atoms with Gasteiger partial charge >= 0.3 is 12.0 Å². The number of hydrogen-bond donors (Lipinski definition) is 3. The molecule has 214 valence electrons. The lowest BCUT2D eigenvalue weighted by Gasteiger charge is -2.27. The fourth-order valence-corrected chi connectivity index (χ4v) is 5.94. The van der Waals surface area contributed by atoms with Crippen LogP contribution in [0.25, 0.3) is 0 Å². The van der Waals surface area contributed by atoms with Gasteiger partial charge in [-0.25, -0.2) is 4.79 Å². The molecule has 2 fully saturated rings. The first-order valence-corrected chi connectivity index (χ1v) is 14.6. The van der Waals surface area contributed by atoms with E-state index in [4.69, 9.17) is 24.1 Å². The molecule has 3 atom stereocenters. The van der Waals surface area contributed by atoms with Gasteiger partial charge in [0.15, 0.2) is 0 Å². The van der Waals surface area contributed by atoms with Crippen molar-refractivity contribution in [1.82, 2.24) is 15.5 Å². The predicted molar refractivity (Wildman–Crippen MR) is 141 cm³/mol. The largest absolute Gasteiger partial charge is 0.481 e. The van der Waals surface area contributed by atoms with E-state index in [1.54, 1.807) is 0 Å². The monoisotopic (exact) mass is 547 g/mol. The van der Waals surface area contributed by atoms with Crippen LogP contribution < -0.4 is 10.6 Å². The molecule has 0 aromatic heterocycles. The Labute approximate surface area is 224 Å². The minimum absolute atomic E-state index is 0.00537. The average Bonchev–Trinajstić information content (AvgIpc) is 3.40. The molecule has 0 radical (unpaired) electrons. The molecule has 37 heavy (non-hydrogen) atoms. The molecular weight excluding hydrogens is 502 g/mol. The number of ether oxygens (including phenoxy) is 4. The Morgan fingerprint density at radius 2 is 1.62 bits per heavy atom. The number of fused-ring (bicyclic) bond motifs is 1. The van der Waals surface area contributed by atoms with Crippen LogP contribution in [-0.4, -0.2) is 117 Å². The van der Waals surface area contributed by atoms with Crippen LogP contribution in [0, 0.1) is 0 Å². The van der Waals surface area contributed by atoms with Gasteiger partial charge in [0.1, 0.15) is 0 Å². The molecule has 2 saturated heterocycles. The first-order valence-electron chi connectivity index (χ1n) is 13.5. The molecule has 0 saturated carbocycles. The van der Waals surface area contributed by atoms with Gasteiger partial charge in [-0.2, -0.15) is 11.8 Å². The lowest BCUT2D eigenvalue weighted by atomic mass is 10.0. The molecule has 0 bridgehead atoms. The van der Waals surface area contributed by atoms with Crippen molar-refractivity contribution in [1.29, 1.82) is 0 Å². The number of hydrogen-bond acceptors (Lipinski definition) is 8. The third kappa shape index (κ3) is 13.2. The molecule has 2 rings (SSSR count). The molecule has 2 aliphatic rings. The van der Waals surface area contributed by atoms with Crippen molar-refractivity contribution >= 4 is 29.7 Å². The second kappa shape index (κ2) is 19.5. The Morgan fingerprint density at radius 3 is 2.27 bits per heavy atom. The number of nitrogens with one attached hydrogen (secondary N) is 2. The normalized spacial score (nSPS) is 20.7. The maximum Gasteiger partial charge on any atom is 0.318 e. The summed E-state index contributed by atoms with van der Waals surface area (Å²) in [7, 11) is 0. The second-order valence-electron chi connectivity index (χ2n) is 9.15. The van der Waals surface area contributed by atoms with Gasteiger partial charge in [-0.05, 0) is 19.3 Å². The summed E-state index contributed by atoms with van der Waals surface area (Å²) in [4.78, 5) is 36.7. The number of thioether (sulfide) groups is 1. The van der Waals surface area contributed by atoms with Crippen LogP contribution in [0.4, 0.5) is 4.79 Å². The van der Waals surface area contributed by atoms with Crippen molar-refractivity contribution in [2.24, 2.45) is 0 Å². The number of rotatable bonds is 23. The van der Waals surface area contributed by atoms with E-state index in [9.17, 15) is 14.4 Å². The summed E-state index contributed by atoms with van der Waals surface area (Å²) in [6, 6.07) is 0.650. The average molecular weight is 548 g/mol. The molecule has 11 nitrogen and oxygen atoms in total. The van der Waals surface area contributed by atoms with Gasteiger partial charge in [0, 0.05) is 30.5 Å². The Balaban J connectivity index is 1.36. The van der Waals surface area contributed by atoms with Gasteiger partial charge in [0.2, 0.25) is 5.91 Å². The van der Waals surface area contributed by atoms with Crippen molar-refractivity contribution in [3.8, 4) is 0 Å². The zero-order valence-electron chi connectivity index (χ0n) is 22.1. The van der Waals surface area contributed by atoms with Crippen molar-refractivity contribution < 1.29 is 38.4 Å². The van der Waals surface area contributed by atoms with Crippen LogP contribution in [-0.2, 0) is 28.5 Å². The molecule has 3 unspecified atom stereocenters. The molecule has 0 aromatic carbocycles. The first-order chi connectivity index (χ1) is 18.0. The minimum Gasteiger partial charge on any atom is -0.481 e. The third-order valence-electron chi connectivity index (χ3n) is 6.25. The number of carboxylic acids is 1. The Hall–Kier alpha value is -1.60. The molecule has 0 aromatic rings. The highest BCUT2D eigenvalue weighted by Crippen LogP contribution is 2.37. The lowest BCUT2D eigenvalue weighted by Crippen LogP contribution is -2.41. The Morgan fingerprint density at radius 1 is 0.973 bits per heavy atom. The third-order valence-corrected chi connectivity index (χ3v) is 7.75. The number of carbonyl (C=O) groups is 3. The zero-order chi connectivity index (χ0) is 26.7. The van der Waals surface area contributed by atoms with Gasteiger partial charge in [-0.3, -0.25) is 9.59 Å². The van der Waals surface area contributed by atoms with E-state index < -0.39 is 5.97 Å². The maximum atomic E-state index is 12.3. The Bertz CT molecular complexity index is 672. The predicted octanol–water partition coefficient (Wildman–Crippen LogP) is 1.88. The van der Waals surface area contributed by atoms with Gasteiger partial charge in [0.25, 0.3) is 0 Å². The summed E-state index contributed by atoms with van der Waals surface area (Å²) in [6.07, 6.45) is 5.49. The molecule has 3 N–H and O–H groups in total. The number of carbonyl (C=O) groups excluding carboxylic acids is 2. The quantitative estimate of drug-likeness (QED) is 0.129. The highest BCUT2D eigenvalue weighted by Gasteiger charge is 2.47. The number of unbranched alkanes of at least 4 members (excludes halogenated alkanes) is 2. The summed E-state index contributed by atoms with van der Waals surface area (Å²) in [5, 5.41) is 15.0. The molecule has 0 aliphatic carbocycles. The number of amides is 3. The van der Waals surface area contributed by atoms with Gasteiger partial charge in [-0.15, -0.1) is 0 Å². The van der Waals surface area contributed by atoms with Crippen LogP contribution in [0.15, 0.2) is 0 Å². The van der Waals surface area contributed by atoms with E-state index in [2.05, 4.69) is 17.6 Å². The van der Waals surface area contributed by atoms with Crippen molar-refractivity contribution in [2.75, 3.05) is 71.7 Å². The van der Waals surface area contributed by atoms with Gasteiger partial charge < -0.3 is 39.6 Å². The van der Waals surface area contributed by atoms with E-state index in [1.807, 2.05) is 16.7 Å². The molecule has 3 amide bonds. The zero-order valence-corrected chi connectivity index (χ0v) is 22.9. The number of aliphatic carboxylic acids is 1. The summed E-state index contributed by atoms with van der Waals surface area (Å²) in [6.45, 7) is 6.62. The number of nitrogens with zero attached hydrogens (tertiary/aromatic N) is 1. The van der Waals surface area contributed by atoms with Crippen LogP contribution in [0.3, 0.4) is 0 Å². The summed E-state index contributed by atoms with van der Waals surface area (Å²) in [5.74, 6) is 0.150. The summed E-state index contributed by atoms with van der Waals surface area (Å²) < 4.78 is 21.3. The molecule has 2 heterocycles. The SMILES string of the molecule is CCCCN1C(=O)NC2CSC(CCCCC(=O)NCCOCCOCCOCCOCCC(=O)O)C21. The van der Waals surface area contributed by atoms with Crippen LogP contribution >= 0.6 is 11.8 Å². The summed E-state index contributed by atoms with van der Waals surface area (Å²) in [5.41, 5.74) is 0. The van der Waals surface area contributed by atoms with Crippen molar-refractivity contribution in [3.05, 3.63) is 0 Å². The topological polar surface area (TPSA) is 136 Å². The maximum absolute atomic E-state index is 12.3. The minimum atomic E-state index is -0.876. The molecular formula is C25H45N3O8S. The van der Waals surface area contributed by atoms with Crippen molar-refractivity contribution in [2.45, 2.75) is 69.2 Å². The highest BCUT2D eigenvalue weighted by molar-refractivity contribution is 8.00. The fourth-order valence-electron chi connectivity index (χ4n) is 4.34. The van der Waals surface area contributed by atoms with Gasteiger partial charge in [0.05, 0.1) is 71.4 Å². The van der Waals surface area contributed by atoms with E-state index >= 15 is 0 Å². The summed E-state index contributed by atoms with van der Waals surface area (Å²) >= 11 is 1.95. The molecule has 12 heteroatoms. The fraction of sp³-hybridized carbons (Fsp3) is 0.880. The van der Waals surface area contributed by atoms with Gasteiger partial charge in [-0.1, -0.05) is 19.8 Å². The van der Waals surface area contributed by atoms with Crippen molar-refractivity contribution in [3.63, 3.8) is 0 Å². The van der Waals surface area contributed by atoms with E-state index in [-0.39, 0.29) is 31.0 Å². The molecule has 0 spiro atoms. The van der Waals surface area contributed by atoms with E-state index in [1.165, 1.54) is 0 Å². The highest BCUT2D eigenvalue weighted by atomic mass is 32.2. The van der Waals surface area contributed by atoms with Crippen LogP contribution in [0.5, 0.6) is 0 Å². The van der Waals surface area contributed by atoms with Crippen LogP contribution in [0.2, 0.25) is 0 Å². The molecule has 2 aliphatic heterocycles. The smallest absolute Gasteiger partial charge is 0.318 e. The standard InChI is InChI=1S/C25H45N3O8S/c1-2-3-10-28-24-20(27-25(28)32)19-37-21(24)6-4-5-7-22(29)26-9-12-34-14-16-36-18-17-35-15-13-33-11-8-23(30)31/h20-21,24H,2-19H2,1H3,(H,26,29)(H,27,32)(H,30,31). The second-order valence-corrected chi connectivity index (χ2v) is 10.4. The van der Waals surface area contributed by atoms with E-state index in [0.717, 1.165) is 44.4 Å². The first kappa shape index (κ1) is 31.6. The Kier molecular flexibility index (Phi) is 16.6. The van der Waals surface area contributed by atoms with Crippen LogP contribution in [0.1, 0.15) is 51.9 Å².